The van der Waals surface area contributed by atoms with Gasteiger partial charge in [-0.3, -0.25) is 14.5 Å². The van der Waals surface area contributed by atoms with E-state index in [1.807, 2.05) is 53.9 Å². The first kappa shape index (κ1) is 16.9. The molecule has 0 aliphatic carbocycles. The van der Waals surface area contributed by atoms with E-state index < -0.39 is 0 Å². The molecule has 0 spiro atoms. The van der Waals surface area contributed by atoms with Crippen molar-refractivity contribution in [1.82, 2.24) is 4.90 Å². The highest BCUT2D eigenvalue weighted by molar-refractivity contribution is 8.26. The standard InChI is InChI=1S/C17H14N2O2S3/c20-15(18-12-5-2-1-3-6-12)8-9-19-16(21)14(24-17(19)22)11-13-7-4-10-23-13/h1-7,10-11H,8-9H2,(H,18,20)/b14-11-. The van der Waals surface area contributed by atoms with Gasteiger partial charge < -0.3 is 5.32 Å². The molecule has 1 aliphatic heterocycles. The predicted molar refractivity (Wildman–Crippen MR) is 104 cm³/mol. The van der Waals surface area contributed by atoms with Crippen LogP contribution in [-0.4, -0.2) is 27.6 Å². The summed E-state index contributed by atoms with van der Waals surface area (Å²) in [5, 5.41) is 4.76. The molecule has 1 fully saturated rings. The van der Waals surface area contributed by atoms with Crippen LogP contribution < -0.4 is 5.32 Å². The first-order valence-electron chi connectivity index (χ1n) is 7.27. The molecule has 2 heterocycles. The van der Waals surface area contributed by atoms with E-state index in [1.54, 1.807) is 11.3 Å². The molecule has 24 heavy (non-hydrogen) atoms. The van der Waals surface area contributed by atoms with Crippen molar-refractivity contribution in [1.29, 1.82) is 0 Å². The minimum Gasteiger partial charge on any atom is -0.326 e. The second kappa shape index (κ2) is 7.74. The zero-order chi connectivity index (χ0) is 16.9. The van der Waals surface area contributed by atoms with E-state index in [4.69, 9.17) is 12.2 Å². The fraction of sp³-hybridized carbons (Fsp3) is 0.118. The Hall–Kier alpha value is -1.96. The van der Waals surface area contributed by atoms with Gasteiger partial charge in [0.05, 0.1) is 4.91 Å². The van der Waals surface area contributed by atoms with Crippen LogP contribution in [0.3, 0.4) is 0 Å². The van der Waals surface area contributed by atoms with Gasteiger partial charge in [0.2, 0.25) is 5.91 Å². The quantitative estimate of drug-likeness (QED) is 0.635. The number of para-hydroxylation sites is 1. The van der Waals surface area contributed by atoms with Crippen molar-refractivity contribution in [2.75, 3.05) is 11.9 Å². The number of nitrogens with one attached hydrogen (secondary N) is 1. The molecule has 0 radical (unpaired) electrons. The van der Waals surface area contributed by atoms with Crippen LogP contribution in [-0.2, 0) is 9.59 Å². The minimum absolute atomic E-state index is 0.133. The van der Waals surface area contributed by atoms with Crippen molar-refractivity contribution in [2.45, 2.75) is 6.42 Å². The third-order valence-electron chi connectivity index (χ3n) is 3.31. The molecule has 1 aromatic heterocycles. The predicted octanol–water partition coefficient (Wildman–Crippen LogP) is 3.98. The molecule has 0 saturated carbocycles. The Balaban J connectivity index is 1.58. The van der Waals surface area contributed by atoms with Gasteiger partial charge in [0.1, 0.15) is 4.32 Å². The third-order valence-corrected chi connectivity index (χ3v) is 5.51. The van der Waals surface area contributed by atoms with E-state index in [0.29, 0.717) is 9.23 Å². The lowest BCUT2D eigenvalue weighted by atomic mass is 10.3. The maximum absolute atomic E-state index is 12.4. The van der Waals surface area contributed by atoms with Gasteiger partial charge in [0.15, 0.2) is 0 Å². The molecule has 7 heteroatoms. The first-order valence-corrected chi connectivity index (χ1v) is 9.38. The molecule has 3 rings (SSSR count). The molecule has 4 nitrogen and oxygen atoms in total. The lowest BCUT2D eigenvalue weighted by Crippen LogP contribution is -2.31. The number of amides is 2. The van der Waals surface area contributed by atoms with Crippen molar-refractivity contribution >= 4 is 63.2 Å². The fourth-order valence-electron chi connectivity index (χ4n) is 2.15. The number of rotatable bonds is 5. The Bertz CT molecular complexity index is 785. The molecule has 1 N–H and O–H groups in total. The number of nitrogens with zero attached hydrogens (tertiary/aromatic N) is 1. The van der Waals surface area contributed by atoms with Crippen molar-refractivity contribution in [2.24, 2.45) is 0 Å². The van der Waals surface area contributed by atoms with Gasteiger partial charge in [-0.15, -0.1) is 11.3 Å². The van der Waals surface area contributed by atoms with Crippen LogP contribution in [0.25, 0.3) is 6.08 Å². The van der Waals surface area contributed by atoms with Crippen LogP contribution in [0.15, 0.2) is 52.7 Å². The largest absolute Gasteiger partial charge is 0.326 e. The maximum Gasteiger partial charge on any atom is 0.266 e. The zero-order valence-electron chi connectivity index (χ0n) is 12.6. The lowest BCUT2D eigenvalue weighted by Gasteiger charge is -2.14. The number of carbonyl (C=O) groups excluding carboxylic acids is 2. The number of thiophene rings is 1. The van der Waals surface area contributed by atoms with Gasteiger partial charge in [-0.2, -0.15) is 0 Å². The molecule has 1 aliphatic rings. The number of hydrogen-bond acceptors (Lipinski definition) is 5. The summed E-state index contributed by atoms with van der Waals surface area (Å²) in [4.78, 5) is 27.5. The molecule has 0 atom stereocenters. The van der Waals surface area contributed by atoms with E-state index in [2.05, 4.69) is 5.32 Å². The van der Waals surface area contributed by atoms with Crippen molar-refractivity contribution in [3.05, 3.63) is 57.6 Å². The van der Waals surface area contributed by atoms with Gasteiger partial charge in [-0.1, -0.05) is 48.2 Å². The number of anilines is 1. The van der Waals surface area contributed by atoms with Crippen molar-refractivity contribution in [3.8, 4) is 0 Å². The van der Waals surface area contributed by atoms with Crippen molar-refractivity contribution in [3.63, 3.8) is 0 Å². The number of hydrogen-bond donors (Lipinski definition) is 1. The molecule has 1 saturated heterocycles. The molecular weight excluding hydrogens is 360 g/mol. The van der Waals surface area contributed by atoms with Crippen LogP contribution in [0.4, 0.5) is 5.69 Å². The molecule has 2 amide bonds. The highest BCUT2D eigenvalue weighted by atomic mass is 32.2. The van der Waals surface area contributed by atoms with E-state index in [1.165, 1.54) is 16.7 Å². The lowest BCUT2D eigenvalue weighted by molar-refractivity contribution is -0.122. The smallest absolute Gasteiger partial charge is 0.266 e. The molecule has 0 unspecified atom stereocenters. The molecule has 122 valence electrons. The van der Waals surface area contributed by atoms with Gasteiger partial charge in [0, 0.05) is 23.5 Å². The summed E-state index contributed by atoms with van der Waals surface area (Å²) in [6.45, 7) is 0.283. The minimum atomic E-state index is -0.141. The second-order valence-corrected chi connectivity index (χ2v) is 7.67. The van der Waals surface area contributed by atoms with Crippen LogP contribution in [0.5, 0.6) is 0 Å². The molecule has 1 aromatic carbocycles. The first-order chi connectivity index (χ1) is 11.6. The normalized spacial score (nSPS) is 16.0. The summed E-state index contributed by atoms with van der Waals surface area (Å²) < 4.78 is 0.496. The van der Waals surface area contributed by atoms with E-state index in [-0.39, 0.29) is 24.8 Å². The Kier molecular flexibility index (Phi) is 5.44. The Morgan fingerprint density at radius 1 is 1.21 bits per heavy atom. The molecule has 0 bridgehead atoms. The summed E-state index contributed by atoms with van der Waals surface area (Å²) in [5.74, 6) is -0.275. The topological polar surface area (TPSA) is 49.4 Å². The summed E-state index contributed by atoms with van der Waals surface area (Å²) in [7, 11) is 0. The zero-order valence-corrected chi connectivity index (χ0v) is 15.0. The van der Waals surface area contributed by atoms with E-state index in [9.17, 15) is 9.59 Å². The van der Waals surface area contributed by atoms with Crippen LogP contribution in [0, 0.1) is 0 Å². The third kappa shape index (κ3) is 4.11. The number of benzene rings is 1. The summed E-state index contributed by atoms with van der Waals surface area (Å²) >= 11 is 8.12. The highest BCUT2D eigenvalue weighted by Gasteiger charge is 2.32. The van der Waals surface area contributed by atoms with Gasteiger partial charge in [0.25, 0.3) is 5.91 Å². The Labute approximate surface area is 153 Å². The van der Waals surface area contributed by atoms with E-state index >= 15 is 0 Å². The number of carbonyl (C=O) groups is 2. The number of thiocarbonyl (C=S) groups is 1. The van der Waals surface area contributed by atoms with Crippen molar-refractivity contribution < 1.29 is 9.59 Å². The molecular formula is C17H14N2O2S3. The summed E-state index contributed by atoms with van der Waals surface area (Å²) in [6.07, 6.45) is 2.04. The van der Waals surface area contributed by atoms with Gasteiger partial charge in [-0.25, -0.2) is 0 Å². The Morgan fingerprint density at radius 2 is 2.00 bits per heavy atom. The highest BCUT2D eigenvalue weighted by Crippen LogP contribution is 2.33. The summed E-state index contributed by atoms with van der Waals surface area (Å²) in [6, 6.07) is 13.1. The second-order valence-electron chi connectivity index (χ2n) is 5.01. The van der Waals surface area contributed by atoms with Gasteiger partial charge in [-0.05, 0) is 29.7 Å². The summed E-state index contributed by atoms with van der Waals surface area (Å²) in [5.41, 5.74) is 0.741. The molecule has 2 aromatic rings. The fourth-order valence-corrected chi connectivity index (χ4v) is 4.19. The van der Waals surface area contributed by atoms with Crippen LogP contribution in [0.2, 0.25) is 0 Å². The average Bonchev–Trinajstić information content (AvgIpc) is 3.16. The van der Waals surface area contributed by atoms with Gasteiger partial charge >= 0.3 is 0 Å². The number of thioether (sulfide) groups is 1. The average molecular weight is 375 g/mol. The van der Waals surface area contributed by atoms with Crippen LogP contribution in [0.1, 0.15) is 11.3 Å². The Morgan fingerprint density at radius 3 is 2.71 bits per heavy atom. The van der Waals surface area contributed by atoms with E-state index in [0.717, 1.165) is 10.6 Å². The maximum atomic E-state index is 12.4. The SMILES string of the molecule is O=C(CCN1C(=O)/C(=C/c2cccs2)SC1=S)Nc1ccccc1. The monoisotopic (exact) mass is 374 g/mol. The van der Waals surface area contributed by atoms with Crippen LogP contribution >= 0.6 is 35.3 Å².